The van der Waals surface area contributed by atoms with Crippen LogP contribution in [0.25, 0.3) is 0 Å². The molecular formula is C17H20FN. The molecule has 0 spiro atoms. The summed E-state index contributed by atoms with van der Waals surface area (Å²) in [4.78, 5) is 0. The highest BCUT2D eigenvalue weighted by Crippen LogP contribution is 2.24. The minimum atomic E-state index is -0.491. The van der Waals surface area contributed by atoms with E-state index in [0.29, 0.717) is 0 Å². The topological polar surface area (TPSA) is 26.0 Å². The minimum absolute atomic E-state index is 0.231. The molecule has 1 nitrogen and oxygen atoms in total. The van der Waals surface area contributed by atoms with Gasteiger partial charge in [-0.3, -0.25) is 0 Å². The predicted octanol–water partition coefficient (Wildman–Crippen LogP) is 3.86. The zero-order valence-electron chi connectivity index (χ0n) is 11.7. The van der Waals surface area contributed by atoms with Crippen LogP contribution in [0, 0.1) is 19.7 Å². The first kappa shape index (κ1) is 13.8. The van der Waals surface area contributed by atoms with Crippen molar-refractivity contribution in [3.05, 3.63) is 70.5 Å². The largest absolute Gasteiger partial charge is 0.321 e. The third-order valence-corrected chi connectivity index (χ3v) is 3.65. The normalized spacial score (nSPS) is 14.2. The number of aryl methyl sites for hydroxylation is 2. The van der Waals surface area contributed by atoms with E-state index in [1.165, 1.54) is 28.8 Å². The lowest BCUT2D eigenvalue weighted by atomic mass is 9.86. The molecule has 0 saturated heterocycles. The Hall–Kier alpha value is -1.67. The lowest BCUT2D eigenvalue weighted by molar-refractivity contribution is 0.489. The van der Waals surface area contributed by atoms with Gasteiger partial charge in [-0.25, -0.2) is 4.39 Å². The van der Waals surface area contributed by atoms with E-state index in [9.17, 15) is 4.39 Å². The number of hydrogen-bond acceptors (Lipinski definition) is 1. The zero-order valence-corrected chi connectivity index (χ0v) is 11.7. The van der Waals surface area contributed by atoms with Gasteiger partial charge in [-0.15, -0.1) is 0 Å². The molecule has 0 radical (unpaired) electrons. The van der Waals surface area contributed by atoms with Gasteiger partial charge >= 0.3 is 0 Å². The molecule has 1 atom stereocenters. The van der Waals surface area contributed by atoms with E-state index >= 15 is 0 Å². The van der Waals surface area contributed by atoms with Gasteiger partial charge < -0.3 is 5.73 Å². The van der Waals surface area contributed by atoms with E-state index in [1.807, 2.05) is 6.92 Å². The Morgan fingerprint density at radius 3 is 2.21 bits per heavy atom. The Morgan fingerprint density at radius 1 is 1.00 bits per heavy atom. The molecule has 0 amide bonds. The van der Waals surface area contributed by atoms with E-state index in [2.05, 4.69) is 32.0 Å². The Kier molecular flexibility index (Phi) is 3.72. The molecule has 2 rings (SSSR count). The fraction of sp³-hybridized carbons (Fsp3) is 0.294. The van der Waals surface area contributed by atoms with Gasteiger partial charge in [0.25, 0.3) is 0 Å². The molecule has 19 heavy (non-hydrogen) atoms. The molecule has 2 aromatic carbocycles. The first-order valence-corrected chi connectivity index (χ1v) is 6.49. The number of halogens is 1. The Balaban J connectivity index is 2.25. The molecule has 0 heterocycles. The Morgan fingerprint density at radius 2 is 1.63 bits per heavy atom. The summed E-state index contributed by atoms with van der Waals surface area (Å²) >= 11 is 0. The maximum absolute atomic E-state index is 13.0. The van der Waals surface area contributed by atoms with Gasteiger partial charge in [-0.2, -0.15) is 0 Å². The lowest BCUT2D eigenvalue weighted by Gasteiger charge is -2.25. The number of hydrogen-bond donors (Lipinski definition) is 1. The van der Waals surface area contributed by atoms with Gasteiger partial charge in [0.1, 0.15) is 5.82 Å². The lowest BCUT2D eigenvalue weighted by Crippen LogP contribution is -2.35. The maximum atomic E-state index is 13.0. The predicted molar refractivity (Wildman–Crippen MR) is 77.6 cm³/mol. The van der Waals surface area contributed by atoms with Crippen LogP contribution in [0.3, 0.4) is 0 Å². The molecule has 0 aliphatic rings. The molecule has 0 aromatic heterocycles. The molecule has 0 bridgehead atoms. The third kappa shape index (κ3) is 3.21. The molecule has 0 saturated carbocycles. The highest BCUT2D eigenvalue weighted by atomic mass is 19.1. The monoisotopic (exact) mass is 257 g/mol. The molecule has 2 heteroatoms. The summed E-state index contributed by atoms with van der Waals surface area (Å²) in [7, 11) is 0. The maximum Gasteiger partial charge on any atom is 0.123 e. The first-order chi connectivity index (χ1) is 8.88. The van der Waals surface area contributed by atoms with Crippen molar-refractivity contribution in [2.75, 3.05) is 0 Å². The summed E-state index contributed by atoms with van der Waals surface area (Å²) in [5.74, 6) is -0.231. The number of benzene rings is 2. The molecular weight excluding hydrogens is 237 g/mol. The quantitative estimate of drug-likeness (QED) is 0.887. The summed E-state index contributed by atoms with van der Waals surface area (Å²) < 4.78 is 13.0. The molecule has 0 aliphatic carbocycles. The van der Waals surface area contributed by atoms with Crippen molar-refractivity contribution in [2.45, 2.75) is 32.7 Å². The van der Waals surface area contributed by atoms with Crippen molar-refractivity contribution in [2.24, 2.45) is 5.73 Å². The molecule has 100 valence electrons. The van der Waals surface area contributed by atoms with Gasteiger partial charge in [0, 0.05) is 5.54 Å². The van der Waals surface area contributed by atoms with Gasteiger partial charge in [-0.05, 0) is 61.6 Å². The molecule has 0 aliphatic heterocycles. The molecule has 2 N–H and O–H groups in total. The van der Waals surface area contributed by atoms with Crippen LogP contribution >= 0.6 is 0 Å². The second-order valence-corrected chi connectivity index (χ2v) is 5.52. The Labute approximate surface area is 114 Å². The summed E-state index contributed by atoms with van der Waals surface area (Å²) in [6, 6.07) is 12.8. The van der Waals surface area contributed by atoms with Crippen LogP contribution in [0.5, 0.6) is 0 Å². The average Bonchev–Trinajstić information content (AvgIpc) is 2.34. The summed E-state index contributed by atoms with van der Waals surface area (Å²) in [5.41, 5.74) is 10.6. The van der Waals surface area contributed by atoms with Crippen molar-refractivity contribution in [3.8, 4) is 0 Å². The van der Waals surface area contributed by atoms with Crippen LogP contribution in [-0.4, -0.2) is 0 Å². The SMILES string of the molecule is Cc1ccc(CC(C)(N)c2ccc(F)cc2)cc1C. The smallest absolute Gasteiger partial charge is 0.123 e. The number of rotatable bonds is 3. The van der Waals surface area contributed by atoms with Crippen LogP contribution in [0.15, 0.2) is 42.5 Å². The fourth-order valence-corrected chi connectivity index (χ4v) is 2.27. The number of nitrogens with two attached hydrogens (primary N) is 1. The van der Waals surface area contributed by atoms with Crippen LogP contribution < -0.4 is 5.73 Å². The molecule has 2 aromatic rings. The van der Waals surface area contributed by atoms with Crippen LogP contribution in [-0.2, 0) is 12.0 Å². The van der Waals surface area contributed by atoms with Gasteiger partial charge in [-0.1, -0.05) is 30.3 Å². The van der Waals surface area contributed by atoms with Crippen LogP contribution in [0.2, 0.25) is 0 Å². The highest BCUT2D eigenvalue weighted by molar-refractivity contribution is 5.33. The highest BCUT2D eigenvalue weighted by Gasteiger charge is 2.21. The van der Waals surface area contributed by atoms with E-state index in [0.717, 1.165) is 12.0 Å². The molecule has 0 fully saturated rings. The fourth-order valence-electron chi connectivity index (χ4n) is 2.27. The standard InChI is InChI=1S/C17H20FN/c1-12-4-5-14(10-13(12)2)11-17(3,19)15-6-8-16(18)9-7-15/h4-10H,11,19H2,1-3H3. The van der Waals surface area contributed by atoms with Gasteiger partial charge in [0.2, 0.25) is 0 Å². The average molecular weight is 257 g/mol. The van der Waals surface area contributed by atoms with Crippen molar-refractivity contribution < 1.29 is 4.39 Å². The second-order valence-electron chi connectivity index (χ2n) is 5.52. The van der Waals surface area contributed by atoms with E-state index in [-0.39, 0.29) is 5.82 Å². The van der Waals surface area contributed by atoms with E-state index < -0.39 is 5.54 Å². The zero-order chi connectivity index (χ0) is 14.0. The summed E-state index contributed by atoms with van der Waals surface area (Å²) in [6.45, 7) is 6.18. The summed E-state index contributed by atoms with van der Waals surface area (Å²) in [6.07, 6.45) is 0.736. The Bertz CT molecular complexity index is 570. The van der Waals surface area contributed by atoms with Crippen molar-refractivity contribution in [3.63, 3.8) is 0 Å². The third-order valence-electron chi connectivity index (χ3n) is 3.65. The van der Waals surface area contributed by atoms with Crippen LogP contribution in [0.1, 0.15) is 29.2 Å². The van der Waals surface area contributed by atoms with Crippen LogP contribution in [0.4, 0.5) is 4.39 Å². The molecule has 1 unspecified atom stereocenters. The van der Waals surface area contributed by atoms with E-state index in [4.69, 9.17) is 5.73 Å². The first-order valence-electron chi connectivity index (χ1n) is 6.49. The van der Waals surface area contributed by atoms with Crippen molar-refractivity contribution in [1.29, 1.82) is 0 Å². The van der Waals surface area contributed by atoms with Crippen molar-refractivity contribution in [1.82, 2.24) is 0 Å². The summed E-state index contributed by atoms with van der Waals surface area (Å²) in [5, 5.41) is 0. The van der Waals surface area contributed by atoms with Gasteiger partial charge in [0.05, 0.1) is 0 Å². The minimum Gasteiger partial charge on any atom is -0.321 e. The van der Waals surface area contributed by atoms with Gasteiger partial charge in [0.15, 0.2) is 0 Å². The van der Waals surface area contributed by atoms with E-state index in [1.54, 1.807) is 12.1 Å². The second kappa shape index (κ2) is 5.14. The van der Waals surface area contributed by atoms with Crippen molar-refractivity contribution >= 4 is 0 Å².